The van der Waals surface area contributed by atoms with E-state index in [4.69, 9.17) is 0 Å². The quantitative estimate of drug-likeness (QED) is 0.0569. The highest BCUT2D eigenvalue weighted by molar-refractivity contribution is 7.87. The molecule has 0 aliphatic rings. The van der Waals surface area contributed by atoms with Gasteiger partial charge in [-0.05, 0) is 97.3 Å². The minimum atomic E-state index is -5.28. The molecule has 0 heterocycles. The van der Waals surface area contributed by atoms with E-state index in [1.165, 1.54) is 13.8 Å². The van der Waals surface area contributed by atoms with Crippen molar-refractivity contribution in [3.8, 4) is 34.5 Å². The van der Waals surface area contributed by atoms with E-state index in [2.05, 4.69) is 0 Å². The molecule has 6 aromatic carbocycles. The molecule has 0 aromatic heterocycles. The van der Waals surface area contributed by atoms with E-state index in [0.717, 1.165) is 36.4 Å². The average Bonchev–Trinajstić information content (AvgIpc) is 3.25. The van der Waals surface area contributed by atoms with Crippen molar-refractivity contribution >= 4 is 60.7 Å². The highest BCUT2D eigenvalue weighted by Gasteiger charge is 2.27. The Bertz CT molecular complexity index is 4040. The molecule has 30 heteroatoms. The second kappa shape index (κ2) is 20.0. The molecule has 6 aromatic rings. The largest absolute Gasteiger partial charge is 0.507 e. The van der Waals surface area contributed by atoms with Crippen molar-refractivity contribution < 1.29 is 108 Å². The normalized spacial score (nSPS) is 12.8. The molecule has 12 N–H and O–H groups in total. The van der Waals surface area contributed by atoms with Crippen LogP contribution in [0.4, 0.5) is 0 Å². The van der Waals surface area contributed by atoms with Gasteiger partial charge in [-0.25, -0.2) is 0 Å². The monoisotopic (exact) mass is 1150 g/mol. The summed E-state index contributed by atoms with van der Waals surface area (Å²) in [7, 11) is -30.7. The third-order valence-electron chi connectivity index (χ3n) is 11.6. The van der Waals surface area contributed by atoms with Crippen LogP contribution in [0.15, 0.2) is 102 Å². The molecule has 0 unspecified atom stereocenters. The smallest absolute Gasteiger partial charge is 0.294 e. The minimum Gasteiger partial charge on any atom is -0.507 e. The third kappa shape index (κ3) is 12.6. The first-order valence-corrected chi connectivity index (χ1v) is 29.3. The van der Waals surface area contributed by atoms with Crippen molar-refractivity contribution in [3.05, 3.63) is 140 Å². The molecule has 0 saturated carbocycles. The summed E-state index contributed by atoms with van der Waals surface area (Å²) in [6, 6.07) is 8.90. The van der Waals surface area contributed by atoms with E-state index >= 15 is 0 Å². The lowest BCUT2D eigenvalue weighted by atomic mass is 9.92. The second-order valence-corrected chi connectivity index (χ2v) is 25.3. The summed E-state index contributed by atoms with van der Waals surface area (Å²) in [5, 5.41) is 68.0. The minimum absolute atomic E-state index is 0.00359. The zero-order chi connectivity index (χ0) is 55.6. The van der Waals surface area contributed by atoms with Crippen LogP contribution in [0.5, 0.6) is 34.5 Å². The van der Waals surface area contributed by atoms with Gasteiger partial charge in [-0.1, -0.05) is 6.92 Å². The Labute approximate surface area is 422 Å². The van der Waals surface area contributed by atoms with Gasteiger partial charge in [-0.2, -0.15) is 50.5 Å². The Morgan fingerprint density at radius 2 is 0.419 bits per heavy atom. The fraction of sp³-hybridized carbons (Fsp3) is 0.182. The number of hydrogen-bond donors (Lipinski definition) is 12. The van der Waals surface area contributed by atoms with Gasteiger partial charge < -0.3 is 30.6 Å². The maximum absolute atomic E-state index is 12.7. The zero-order valence-electron chi connectivity index (χ0n) is 37.9. The summed E-state index contributed by atoms with van der Waals surface area (Å²) in [5.74, 6) is -4.64. The molecule has 74 heavy (non-hydrogen) atoms. The Kier molecular flexibility index (Phi) is 15.4. The Balaban J connectivity index is 1.49. The molecule has 0 fully saturated rings. The Morgan fingerprint density at radius 3 is 0.595 bits per heavy atom. The van der Waals surface area contributed by atoms with Crippen molar-refractivity contribution in [2.75, 3.05) is 0 Å². The first-order chi connectivity index (χ1) is 33.8. The molecule has 0 saturated heterocycles. The maximum atomic E-state index is 12.7. The number of aromatic hydroxyl groups is 6. The lowest BCUT2D eigenvalue weighted by Crippen LogP contribution is -2.07. The summed E-state index contributed by atoms with van der Waals surface area (Å²) in [4.78, 5) is -5.26. The summed E-state index contributed by atoms with van der Waals surface area (Å²) >= 11 is 0. The third-order valence-corrected chi connectivity index (χ3v) is 16.6. The molecule has 0 atom stereocenters. The number of benzene rings is 6. The molecule has 24 nitrogen and oxygen atoms in total. The lowest BCUT2D eigenvalue weighted by Gasteiger charge is -2.18. The van der Waals surface area contributed by atoms with E-state index < -0.39 is 201 Å². The van der Waals surface area contributed by atoms with Gasteiger partial charge in [0.15, 0.2) is 0 Å². The Morgan fingerprint density at radius 1 is 0.270 bits per heavy atom. The number of hydrogen-bond acceptors (Lipinski definition) is 18. The standard InChI is InChI=1S/C44H42O24S6/c1-3-22-10-34(70(54,55)56)12-24(40(22)46)6-26-14-36(72(60,61)62)16-28(42(26)48)8-30-18-38(74(66,67)68)20-32(44(30)50)9-31-19-37(73(63,64)65)17-29(43(31)49)7-27-15-35(71(57,58)59)13-25(41(27)47)5-23-11-33(69(51,52)53)4-21(2)39(23)45/h4,10-20,45-50H,3,5-9H2,1-2H3,(H,51,52,53)(H,54,55,56)(H,57,58,59)(H,60,61,62)(H,63,64,65)(H,66,67,68). The topological polar surface area (TPSA) is 448 Å². The van der Waals surface area contributed by atoms with Gasteiger partial charge in [0.25, 0.3) is 60.7 Å². The highest BCUT2D eigenvalue weighted by atomic mass is 32.2. The summed E-state index contributed by atoms with van der Waals surface area (Å²) in [6.07, 6.45) is -4.07. The zero-order valence-corrected chi connectivity index (χ0v) is 42.8. The van der Waals surface area contributed by atoms with Crippen molar-refractivity contribution in [1.29, 1.82) is 0 Å². The van der Waals surface area contributed by atoms with Crippen LogP contribution in [-0.2, 0) is 99.2 Å². The lowest BCUT2D eigenvalue weighted by molar-refractivity contribution is 0.451. The number of phenols is 6. The first kappa shape index (κ1) is 56.9. The molecule has 0 amide bonds. The molecular weight excluding hydrogens is 1100 g/mol. The van der Waals surface area contributed by atoms with Gasteiger partial charge in [0.1, 0.15) is 34.5 Å². The summed E-state index contributed by atoms with van der Waals surface area (Å²) in [6.45, 7) is 2.77. The molecule has 0 radical (unpaired) electrons. The van der Waals surface area contributed by atoms with Crippen LogP contribution in [0, 0.1) is 6.92 Å². The van der Waals surface area contributed by atoms with Crippen LogP contribution < -0.4 is 0 Å². The summed E-state index contributed by atoms with van der Waals surface area (Å²) < 4.78 is 208. The van der Waals surface area contributed by atoms with Crippen LogP contribution in [0.2, 0.25) is 0 Å². The molecular formula is C44H42O24S6. The van der Waals surface area contributed by atoms with Gasteiger partial charge in [0.05, 0.1) is 29.4 Å². The van der Waals surface area contributed by atoms with E-state index in [0.29, 0.717) is 36.4 Å². The van der Waals surface area contributed by atoms with Crippen LogP contribution in [0.25, 0.3) is 0 Å². The van der Waals surface area contributed by atoms with Crippen LogP contribution in [0.3, 0.4) is 0 Å². The number of aryl methyl sites for hydroxylation is 2. The van der Waals surface area contributed by atoms with E-state index in [9.17, 15) is 108 Å². The fourth-order valence-electron chi connectivity index (χ4n) is 7.99. The van der Waals surface area contributed by atoms with Crippen LogP contribution in [-0.4, -0.2) is 108 Å². The van der Waals surface area contributed by atoms with Crippen LogP contribution in [0.1, 0.15) is 73.7 Å². The van der Waals surface area contributed by atoms with Crippen LogP contribution >= 0.6 is 0 Å². The summed E-state index contributed by atoms with van der Waals surface area (Å²) in [5.41, 5.74) is -4.81. The van der Waals surface area contributed by atoms with Crippen molar-refractivity contribution in [3.63, 3.8) is 0 Å². The fourth-order valence-corrected chi connectivity index (χ4v) is 11.5. The van der Waals surface area contributed by atoms with Crippen molar-refractivity contribution in [2.24, 2.45) is 0 Å². The Hall–Kier alpha value is -6.42. The van der Waals surface area contributed by atoms with E-state index in [1.807, 2.05) is 0 Å². The first-order valence-electron chi connectivity index (χ1n) is 20.7. The van der Waals surface area contributed by atoms with Crippen molar-refractivity contribution in [2.45, 2.75) is 81.7 Å². The number of phenolic OH excluding ortho intramolecular Hbond substituents is 6. The predicted molar refractivity (Wildman–Crippen MR) is 256 cm³/mol. The van der Waals surface area contributed by atoms with Crippen molar-refractivity contribution in [1.82, 2.24) is 0 Å². The average molecular weight is 1150 g/mol. The highest BCUT2D eigenvalue weighted by Crippen LogP contribution is 2.41. The predicted octanol–water partition coefficient (Wildman–Crippen LogP) is 4.23. The van der Waals surface area contributed by atoms with Gasteiger partial charge in [0.2, 0.25) is 0 Å². The molecule has 0 aliphatic heterocycles. The van der Waals surface area contributed by atoms with Gasteiger partial charge in [0, 0.05) is 87.7 Å². The molecule has 398 valence electrons. The molecule has 0 aliphatic carbocycles. The van der Waals surface area contributed by atoms with E-state index in [-0.39, 0.29) is 28.7 Å². The van der Waals surface area contributed by atoms with Gasteiger partial charge in [-0.15, -0.1) is 0 Å². The van der Waals surface area contributed by atoms with E-state index in [1.54, 1.807) is 0 Å². The van der Waals surface area contributed by atoms with Gasteiger partial charge >= 0.3 is 0 Å². The molecule has 0 spiro atoms. The molecule has 0 bridgehead atoms. The number of rotatable bonds is 17. The molecule has 6 rings (SSSR count). The van der Waals surface area contributed by atoms with Gasteiger partial charge in [-0.3, -0.25) is 27.3 Å². The SMILES string of the molecule is CCc1cc(S(=O)(=O)O)cc(Cc2cc(S(=O)(=O)O)cc(Cc3cc(S(=O)(=O)O)cc(Cc4cc(S(=O)(=O)O)cc(Cc5cc(S(=O)(=O)O)cc(Cc6cc(S(=O)(=O)O)cc(C)c6O)c5O)c4O)c3O)c2O)c1O. The second-order valence-electron chi connectivity index (χ2n) is 16.8. The maximum Gasteiger partial charge on any atom is 0.294 e.